The van der Waals surface area contributed by atoms with E-state index in [9.17, 15) is 4.79 Å². The lowest BCUT2D eigenvalue weighted by atomic mass is 10.1. The maximum absolute atomic E-state index is 12.9. The molecule has 154 valence electrons. The zero-order chi connectivity index (χ0) is 20.5. The van der Waals surface area contributed by atoms with Crippen LogP contribution in [0.25, 0.3) is 11.4 Å². The molecule has 30 heavy (non-hydrogen) atoms. The zero-order valence-corrected chi connectivity index (χ0v) is 17.0. The molecule has 1 fully saturated rings. The summed E-state index contributed by atoms with van der Waals surface area (Å²) in [6, 6.07) is 13.8. The van der Waals surface area contributed by atoms with Crippen LogP contribution in [0.1, 0.15) is 27.4 Å². The highest BCUT2D eigenvalue weighted by Crippen LogP contribution is 2.26. The van der Waals surface area contributed by atoms with Gasteiger partial charge in [0.15, 0.2) is 0 Å². The summed E-state index contributed by atoms with van der Waals surface area (Å²) >= 11 is 0. The van der Waals surface area contributed by atoms with Crippen LogP contribution < -0.4 is 4.74 Å². The van der Waals surface area contributed by atoms with Gasteiger partial charge >= 0.3 is 0 Å². The highest BCUT2D eigenvalue weighted by molar-refractivity contribution is 5.94. The molecule has 2 aromatic carbocycles. The van der Waals surface area contributed by atoms with Crippen molar-refractivity contribution in [2.45, 2.75) is 19.9 Å². The third-order valence-electron chi connectivity index (χ3n) is 5.81. The minimum Gasteiger partial charge on any atom is -0.493 e. The summed E-state index contributed by atoms with van der Waals surface area (Å²) in [6.45, 7) is 6.26. The normalized spacial score (nSPS) is 16.4. The second-order valence-corrected chi connectivity index (χ2v) is 7.82. The van der Waals surface area contributed by atoms with Crippen molar-refractivity contribution in [2.75, 3.05) is 32.8 Å². The van der Waals surface area contributed by atoms with Crippen LogP contribution in [0.15, 0.2) is 47.0 Å². The Bertz CT molecular complexity index is 1070. The summed E-state index contributed by atoms with van der Waals surface area (Å²) in [5.41, 5.74) is 3.98. The smallest absolute Gasteiger partial charge is 0.253 e. The Morgan fingerprint density at radius 3 is 2.77 bits per heavy atom. The minimum atomic E-state index is 0.0870. The number of ether oxygens (including phenoxy) is 1. The van der Waals surface area contributed by atoms with E-state index < -0.39 is 0 Å². The molecule has 3 heterocycles. The predicted molar refractivity (Wildman–Crippen MR) is 111 cm³/mol. The number of benzene rings is 2. The fourth-order valence-corrected chi connectivity index (χ4v) is 4.05. The van der Waals surface area contributed by atoms with Crippen LogP contribution in [-0.2, 0) is 13.0 Å². The molecule has 0 atom stereocenters. The highest BCUT2D eigenvalue weighted by Gasteiger charge is 2.25. The van der Waals surface area contributed by atoms with Gasteiger partial charge in [0, 0.05) is 43.7 Å². The van der Waals surface area contributed by atoms with Crippen LogP contribution in [0, 0.1) is 6.92 Å². The third kappa shape index (κ3) is 3.68. The van der Waals surface area contributed by atoms with Crippen molar-refractivity contribution in [1.29, 1.82) is 0 Å². The molecule has 2 aliphatic heterocycles. The first-order valence-electron chi connectivity index (χ1n) is 10.3. The van der Waals surface area contributed by atoms with E-state index in [1.54, 1.807) is 0 Å². The van der Waals surface area contributed by atoms with Gasteiger partial charge in [-0.05, 0) is 36.2 Å². The SMILES string of the molecule is Cc1ccccc1-c1noc(CN2CCN(C(=O)c3ccc4c(c3)CCO4)CC2)n1. The molecular weight excluding hydrogens is 380 g/mol. The molecule has 0 saturated carbocycles. The maximum atomic E-state index is 12.9. The van der Waals surface area contributed by atoms with Crippen molar-refractivity contribution >= 4 is 5.91 Å². The van der Waals surface area contributed by atoms with Crippen molar-refractivity contribution in [3.63, 3.8) is 0 Å². The number of hydrogen-bond donors (Lipinski definition) is 0. The number of nitrogens with zero attached hydrogens (tertiary/aromatic N) is 4. The van der Waals surface area contributed by atoms with Gasteiger partial charge in [-0.1, -0.05) is 29.4 Å². The summed E-state index contributed by atoms with van der Waals surface area (Å²) in [5.74, 6) is 2.22. The Kier molecular flexibility index (Phi) is 4.96. The van der Waals surface area contributed by atoms with Crippen molar-refractivity contribution in [1.82, 2.24) is 19.9 Å². The monoisotopic (exact) mass is 404 g/mol. The maximum Gasteiger partial charge on any atom is 0.253 e. The largest absolute Gasteiger partial charge is 0.493 e. The molecule has 7 heteroatoms. The molecule has 0 aliphatic carbocycles. The molecule has 1 saturated heterocycles. The number of hydrogen-bond acceptors (Lipinski definition) is 6. The molecule has 2 aliphatic rings. The van der Waals surface area contributed by atoms with Gasteiger partial charge in [-0.3, -0.25) is 9.69 Å². The Labute approximate surface area is 175 Å². The number of amides is 1. The second kappa shape index (κ2) is 7.91. The van der Waals surface area contributed by atoms with E-state index in [1.165, 1.54) is 0 Å². The van der Waals surface area contributed by atoms with E-state index in [1.807, 2.05) is 54.3 Å². The van der Waals surface area contributed by atoms with Crippen molar-refractivity contribution in [2.24, 2.45) is 0 Å². The summed E-state index contributed by atoms with van der Waals surface area (Å²) in [5, 5.41) is 4.14. The quantitative estimate of drug-likeness (QED) is 0.666. The summed E-state index contributed by atoms with van der Waals surface area (Å²) in [7, 11) is 0. The lowest BCUT2D eigenvalue weighted by Crippen LogP contribution is -2.48. The summed E-state index contributed by atoms with van der Waals surface area (Å²) < 4.78 is 11.0. The van der Waals surface area contributed by atoms with E-state index >= 15 is 0 Å². The van der Waals surface area contributed by atoms with Gasteiger partial charge in [-0.15, -0.1) is 0 Å². The first-order valence-corrected chi connectivity index (χ1v) is 10.3. The number of carbonyl (C=O) groups excluding carboxylic acids is 1. The number of aryl methyl sites for hydroxylation is 1. The van der Waals surface area contributed by atoms with Crippen LogP contribution in [0.3, 0.4) is 0 Å². The van der Waals surface area contributed by atoms with Crippen LogP contribution in [0.5, 0.6) is 5.75 Å². The number of carbonyl (C=O) groups is 1. The average molecular weight is 404 g/mol. The predicted octanol–water partition coefficient (Wildman–Crippen LogP) is 2.94. The molecule has 5 rings (SSSR count). The topological polar surface area (TPSA) is 71.7 Å². The average Bonchev–Trinajstić information content (AvgIpc) is 3.43. The molecule has 3 aromatic rings. The van der Waals surface area contributed by atoms with Crippen LogP contribution in [0.2, 0.25) is 0 Å². The van der Waals surface area contributed by atoms with E-state index in [0.29, 0.717) is 38.0 Å². The van der Waals surface area contributed by atoms with E-state index in [4.69, 9.17) is 9.26 Å². The van der Waals surface area contributed by atoms with E-state index in [2.05, 4.69) is 15.0 Å². The molecule has 0 N–H and O–H groups in total. The summed E-state index contributed by atoms with van der Waals surface area (Å²) in [4.78, 5) is 21.6. The Morgan fingerprint density at radius 2 is 1.93 bits per heavy atom. The van der Waals surface area contributed by atoms with Gasteiger partial charge in [0.1, 0.15) is 5.75 Å². The molecule has 1 aromatic heterocycles. The van der Waals surface area contributed by atoms with Crippen molar-refractivity contribution in [3.05, 3.63) is 65.0 Å². The van der Waals surface area contributed by atoms with Crippen molar-refractivity contribution < 1.29 is 14.1 Å². The first kappa shape index (κ1) is 18.8. The van der Waals surface area contributed by atoms with E-state index in [-0.39, 0.29) is 5.91 Å². The van der Waals surface area contributed by atoms with Gasteiger partial charge in [0.25, 0.3) is 5.91 Å². The van der Waals surface area contributed by atoms with Gasteiger partial charge in [-0.25, -0.2) is 0 Å². The fraction of sp³-hybridized carbons (Fsp3) is 0.348. The van der Waals surface area contributed by atoms with Crippen LogP contribution in [-0.4, -0.2) is 58.6 Å². The fourth-order valence-electron chi connectivity index (χ4n) is 4.05. The molecule has 0 bridgehead atoms. The van der Waals surface area contributed by atoms with Crippen LogP contribution >= 0.6 is 0 Å². The number of fused-ring (bicyclic) bond motifs is 1. The van der Waals surface area contributed by atoms with Crippen LogP contribution in [0.4, 0.5) is 0 Å². The number of rotatable bonds is 4. The second-order valence-electron chi connectivity index (χ2n) is 7.82. The molecule has 7 nitrogen and oxygen atoms in total. The van der Waals surface area contributed by atoms with E-state index in [0.717, 1.165) is 47.5 Å². The van der Waals surface area contributed by atoms with Gasteiger partial charge in [0.2, 0.25) is 11.7 Å². The van der Waals surface area contributed by atoms with Gasteiger partial charge in [0.05, 0.1) is 13.2 Å². The molecule has 0 unspecified atom stereocenters. The van der Waals surface area contributed by atoms with Gasteiger partial charge < -0.3 is 14.2 Å². The Balaban J connectivity index is 1.19. The molecule has 1 amide bonds. The molecule has 0 radical (unpaired) electrons. The lowest BCUT2D eigenvalue weighted by Gasteiger charge is -2.34. The van der Waals surface area contributed by atoms with Gasteiger partial charge in [-0.2, -0.15) is 4.98 Å². The number of piperazine rings is 1. The summed E-state index contributed by atoms with van der Waals surface area (Å²) in [6.07, 6.45) is 0.874. The standard InChI is InChI=1S/C23H24N4O3/c1-16-4-2-3-5-19(16)22-24-21(30-25-22)15-26-9-11-27(12-10-26)23(28)18-6-7-20-17(14-18)8-13-29-20/h2-7,14H,8-13,15H2,1H3. The number of aromatic nitrogens is 2. The zero-order valence-electron chi connectivity index (χ0n) is 17.0. The Morgan fingerprint density at radius 1 is 1.10 bits per heavy atom. The Hall–Kier alpha value is -3.19. The molecular formula is C23H24N4O3. The highest BCUT2D eigenvalue weighted by atomic mass is 16.5. The molecule has 0 spiro atoms. The van der Waals surface area contributed by atoms with Crippen molar-refractivity contribution in [3.8, 4) is 17.1 Å². The lowest BCUT2D eigenvalue weighted by molar-refractivity contribution is 0.0615. The first-order chi connectivity index (χ1) is 14.7. The third-order valence-corrected chi connectivity index (χ3v) is 5.81. The minimum absolute atomic E-state index is 0.0870.